The summed E-state index contributed by atoms with van der Waals surface area (Å²) in [6, 6.07) is 2.19. The van der Waals surface area contributed by atoms with Gasteiger partial charge in [0.25, 0.3) is 0 Å². The van der Waals surface area contributed by atoms with Gasteiger partial charge < -0.3 is 5.11 Å². The van der Waals surface area contributed by atoms with Crippen LogP contribution in [0.15, 0.2) is 23.1 Å². The Bertz CT molecular complexity index is 678. The molecule has 1 aromatic rings. The van der Waals surface area contributed by atoms with Crippen LogP contribution in [0.2, 0.25) is 5.02 Å². The second kappa shape index (κ2) is 5.67. The van der Waals surface area contributed by atoms with E-state index in [1.807, 2.05) is 0 Å². The monoisotopic (exact) mass is 357 g/mol. The highest BCUT2D eigenvalue weighted by Crippen LogP contribution is 2.38. The summed E-state index contributed by atoms with van der Waals surface area (Å²) in [5.41, 5.74) is -2.11. The molecule has 0 spiro atoms. The lowest BCUT2D eigenvalue weighted by molar-refractivity contribution is -0.137. The Labute approximate surface area is 131 Å². The van der Waals surface area contributed by atoms with E-state index in [2.05, 4.69) is 0 Å². The minimum absolute atomic E-state index is 0.131. The fraction of sp³-hybridized carbons (Fsp3) is 0.538. The van der Waals surface area contributed by atoms with Crippen LogP contribution in [-0.4, -0.2) is 36.5 Å². The minimum atomic E-state index is -4.67. The lowest BCUT2D eigenvalue weighted by Crippen LogP contribution is -2.47. The number of aliphatic hydroxyl groups is 1. The molecule has 1 fully saturated rings. The SMILES string of the molecule is CC1(CO)CCCN1S(=O)(=O)c1cc(C(F)(F)F)ccc1Cl. The summed E-state index contributed by atoms with van der Waals surface area (Å²) in [7, 11) is -4.23. The van der Waals surface area contributed by atoms with Gasteiger partial charge in [-0.2, -0.15) is 17.5 Å². The summed E-state index contributed by atoms with van der Waals surface area (Å²) in [5.74, 6) is 0. The molecule has 0 radical (unpaired) electrons. The number of alkyl halides is 3. The predicted octanol–water partition coefficient (Wildman–Crippen LogP) is 2.89. The molecule has 22 heavy (non-hydrogen) atoms. The van der Waals surface area contributed by atoms with Gasteiger partial charge in [0.15, 0.2) is 0 Å². The number of benzene rings is 1. The van der Waals surface area contributed by atoms with Crippen molar-refractivity contribution in [1.29, 1.82) is 0 Å². The Balaban J connectivity index is 2.55. The van der Waals surface area contributed by atoms with Gasteiger partial charge in [-0.05, 0) is 38.0 Å². The molecule has 124 valence electrons. The van der Waals surface area contributed by atoms with Gasteiger partial charge in [0.1, 0.15) is 4.90 Å². The van der Waals surface area contributed by atoms with Crippen molar-refractivity contribution >= 4 is 21.6 Å². The number of aliphatic hydroxyl groups excluding tert-OH is 1. The fourth-order valence-corrected chi connectivity index (χ4v) is 4.90. The van der Waals surface area contributed by atoms with Crippen LogP contribution in [0, 0.1) is 0 Å². The summed E-state index contributed by atoms with van der Waals surface area (Å²) in [5, 5.41) is 9.16. The molecule has 0 amide bonds. The third-order valence-corrected chi connectivity index (χ3v) is 6.38. The van der Waals surface area contributed by atoms with Gasteiger partial charge in [0, 0.05) is 6.54 Å². The van der Waals surface area contributed by atoms with Crippen molar-refractivity contribution in [2.45, 2.75) is 36.4 Å². The van der Waals surface area contributed by atoms with E-state index in [0.29, 0.717) is 18.9 Å². The molecular formula is C13H15ClF3NO3S. The van der Waals surface area contributed by atoms with Crippen molar-refractivity contribution in [2.24, 2.45) is 0 Å². The second-order valence-corrected chi connectivity index (χ2v) is 7.72. The highest BCUT2D eigenvalue weighted by atomic mass is 35.5. The van der Waals surface area contributed by atoms with E-state index in [9.17, 15) is 26.7 Å². The normalized spacial score (nSPS) is 23.9. The van der Waals surface area contributed by atoms with Crippen LogP contribution in [0.5, 0.6) is 0 Å². The molecule has 0 bridgehead atoms. The summed E-state index contributed by atoms with van der Waals surface area (Å²) in [6.07, 6.45) is -3.72. The fourth-order valence-electron chi connectivity index (χ4n) is 2.56. The first-order chi connectivity index (χ1) is 10.0. The molecule has 9 heteroatoms. The smallest absolute Gasteiger partial charge is 0.394 e. The third kappa shape index (κ3) is 2.97. The molecule has 2 rings (SSSR count). The van der Waals surface area contributed by atoms with E-state index in [1.54, 1.807) is 6.92 Å². The maximum atomic E-state index is 12.8. The number of halogens is 4. The van der Waals surface area contributed by atoms with E-state index in [4.69, 9.17) is 11.6 Å². The molecule has 1 aromatic carbocycles. The number of sulfonamides is 1. The van der Waals surface area contributed by atoms with E-state index in [-0.39, 0.29) is 11.6 Å². The van der Waals surface area contributed by atoms with Crippen molar-refractivity contribution in [2.75, 3.05) is 13.2 Å². The molecule has 0 saturated carbocycles. The molecule has 1 aliphatic heterocycles. The molecule has 0 aromatic heterocycles. The zero-order chi connectivity index (χ0) is 16.8. The molecule has 1 saturated heterocycles. The van der Waals surface area contributed by atoms with Crippen molar-refractivity contribution in [3.05, 3.63) is 28.8 Å². The average Bonchev–Trinajstić information content (AvgIpc) is 2.81. The second-order valence-electron chi connectivity index (χ2n) is 5.48. The predicted molar refractivity (Wildman–Crippen MR) is 75.1 cm³/mol. The van der Waals surface area contributed by atoms with Gasteiger partial charge >= 0.3 is 6.18 Å². The van der Waals surface area contributed by atoms with Gasteiger partial charge in [0.2, 0.25) is 10.0 Å². The lowest BCUT2D eigenvalue weighted by atomic mass is 10.0. The van der Waals surface area contributed by atoms with Gasteiger partial charge in [0.05, 0.1) is 22.7 Å². The van der Waals surface area contributed by atoms with E-state index < -0.39 is 38.8 Å². The average molecular weight is 358 g/mol. The molecule has 1 heterocycles. The Morgan fingerprint density at radius 1 is 1.41 bits per heavy atom. The Morgan fingerprint density at radius 3 is 2.59 bits per heavy atom. The van der Waals surface area contributed by atoms with E-state index in [0.717, 1.165) is 16.4 Å². The Hall–Kier alpha value is -0.830. The van der Waals surface area contributed by atoms with Crippen LogP contribution < -0.4 is 0 Å². The van der Waals surface area contributed by atoms with Crippen LogP contribution in [0.25, 0.3) is 0 Å². The van der Waals surface area contributed by atoms with Crippen molar-refractivity contribution in [3.63, 3.8) is 0 Å². The molecule has 4 nitrogen and oxygen atoms in total. The first-order valence-electron chi connectivity index (χ1n) is 6.53. The highest BCUT2D eigenvalue weighted by molar-refractivity contribution is 7.89. The first-order valence-corrected chi connectivity index (χ1v) is 8.35. The van der Waals surface area contributed by atoms with Crippen LogP contribution in [0.1, 0.15) is 25.3 Å². The maximum Gasteiger partial charge on any atom is 0.416 e. The Kier molecular flexibility index (Phi) is 4.51. The zero-order valence-electron chi connectivity index (χ0n) is 11.7. The van der Waals surface area contributed by atoms with Crippen LogP contribution in [0.4, 0.5) is 13.2 Å². The van der Waals surface area contributed by atoms with Gasteiger partial charge in [-0.25, -0.2) is 8.42 Å². The van der Waals surface area contributed by atoms with Crippen LogP contribution in [0.3, 0.4) is 0 Å². The molecule has 1 N–H and O–H groups in total. The number of hydrogen-bond acceptors (Lipinski definition) is 3. The van der Waals surface area contributed by atoms with Gasteiger partial charge in [-0.3, -0.25) is 0 Å². The maximum absolute atomic E-state index is 12.8. The van der Waals surface area contributed by atoms with Crippen molar-refractivity contribution in [1.82, 2.24) is 4.31 Å². The minimum Gasteiger partial charge on any atom is -0.394 e. The molecule has 0 aliphatic carbocycles. The standard InChI is InChI=1S/C13H15ClF3NO3S/c1-12(8-19)5-2-6-18(12)22(20,21)11-7-9(13(15,16)17)3-4-10(11)14/h3-4,7,19H,2,5-6,8H2,1H3. The molecule has 1 aliphatic rings. The third-order valence-electron chi connectivity index (χ3n) is 3.85. The quantitative estimate of drug-likeness (QED) is 0.905. The number of nitrogens with zero attached hydrogens (tertiary/aromatic N) is 1. The molecule has 1 atom stereocenters. The van der Waals surface area contributed by atoms with Gasteiger partial charge in [-0.1, -0.05) is 11.6 Å². The first kappa shape index (κ1) is 17.5. The molecular weight excluding hydrogens is 343 g/mol. The zero-order valence-corrected chi connectivity index (χ0v) is 13.3. The summed E-state index contributed by atoms with van der Waals surface area (Å²) in [4.78, 5) is -0.592. The Morgan fingerprint density at radius 2 is 2.05 bits per heavy atom. The van der Waals surface area contributed by atoms with E-state index in [1.165, 1.54) is 0 Å². The largest absolute Gasteiger partial charge is 0.416 e. The highest BCUT2D eigenvalue weighted by Gasteiger charge is 2.45. The number of rotatable bonds is 3. The van der Waals surface area contributed by atoms with E-state index >= 15 is 0 Å². The van der Waals surface area contributed by atoms with Crippen molar-refractivity contribution in [3.8, 4) is 0 Å². The van der Waals surface area contributed by atoms with Crippen molar-refractivity contribution < 1.29 is 26.7 Å². The summed E-state index contributed by atoms with van der Waals surface area (Å²) in [6.45, 7) is 1.27. The van der Waals surface area contributed by atoms with Crippen LogP contribution in [-0.2, 0) is 16.2 Å². The summed E-state index contributed by atoms with van der Waals surface area (Å²) < 4.78 is 64.7. The molecule has 1 unspecified atom stereocenters. The number of hydrogen-bond donors (Lipinski definition) is 1. The topological polar surface area (TPSA) is 57.6 Å². The summed E-state index contributed by atoms with van der Waals surface area (Å²) >= 11 is 5.81. The van der Waals surface area contributed by atoms with Gasteiger partial charge in [-0.15, -0.1) is 0 Å². The van der Waals surface area contributed by atoms with Crippen LogP contribution >= 0.6 is 11.6 Å². The lowest BCUT2D eigenvalue weighted by Gasteiger charge is -2.32.